The van der Waals surface area contributed by atoms with E-state index in [0.717, 1.165) is 5.56 Å². The first-order valence-electron chi connectivity index (χ1n) is 8.27. The van der Waals surface area contributed by atoms with Crippen molar-refractivity contribution in [2.75, 3.05) is 19.6 Å². The Kier molecular flexibility index (Phi) is 7.72. The molecule has 26 heavy (non-hydrogen) atoms. The van der Waals surface area contributed by atoms with Crippen molar-refractivity contribution < 1.29 is 14.6 Å². The Morgan fingerprint density at radius 3 is 2.50 bits per heavy atom. The SMILES string of the molecule is Cl.O=C(NCC1CNCC1O)C(Oc1ccc(Cl)cc1)c1ccccc1. The number of aliphatic hydroxyl groups excluding tert-OH is 1. The molecule has 0 saturated carbocycles. The summed E-state index contributed by atoms with van der Waals surface area (Å²) in [4.78, 5) is 12.7. The van der Waals surface area contributed by atoms with Crippen LogP contribution in [0.2, 0.25) is 5.02 Å². The molecule has 2 aromatic carbocycles. The maximum atomic E-state index is 12.7. The number of ether oxygens (including phenoxy) is 1. The van der Waals surface area contributed by atoms with Crippen LogP contribution in [0.5, 0.6) is 5.75 Å². The van der Waals surface area contributed by atoms with Crippen LogP contribution in [0, 0.1) is 5.92 Å². The van der Waals surface area contributed by atoms with Crippen LogP contribution in [0.15, 0.2) is 54.6 Å². The van der Waals surface area contributed by atoms with Gasteiger partial charge < -0.3 is 20.5 Å². The van der Waals surface area contributed by atoms with Crippen LogP contribution in [-0.4, -0.2) is 36.8 Å². The summed E-state index contributed by atoms with van der Waals surface area (Å²) in [6.07, 6.45) is -1.21. The van der Waals surface area contributed by atoms with Gasteiger partial charge >= 0.3 is 0 Å². The highest BCUT2D eigenvalue weighted by Crippen LogP contribution is 2.24. The second-order valence-electron chi connectivity index (χ2n) is 6.09. The van der Waals surface area contributed by atoms with Crippen molar-refractivity contribution >= 4 is 29.9 Å². The molecule has 3 rings (SSSR count). The molecule has 3 N–H and O–H groups in total. The van der Waals surface area contributed by atoms with Crippen LogP contribution >= 0.6 is 24.0 Å². The van der Waals surface area contributed by atoms with Crippen molar-refractivity contribution in [1.82, 2.24) is 10.6 Å². The highest BCUT2D eigenvalue weighted by atomic mass is 35.5. The van der Waals surface area contributed by atoms with Gasteiger partial charge in [-0.1, -0.05) is 41.9 Å². The highest BCUT2D eigenvalue weighted by Gasteiger charge is 2.28. The van der Waals surface area contributed by atoms with E-state index in [-0.39, 0.29) is 24.2 Å². The lowest BCUT2D eigenvalue weighted by Gasteiger charge is -2.21. The van der Waals surface area contributed by atoms with Crippen molar-refractivity contribution in [3.05, 3.63) is 65.2 Å². The summed E-state index contributed by atoms with van der Waals surface area (Å²) in [5.41, 5.74) is 0.764. The molecule has 0 aliphatic carbocycles. The van der Waals surface area contributed by atoms with Crippen LogP contribution in [-0.2, 0) is 4.79 Å². The van der Waals surface area contributed by atoms with Gasteiger partial charge in [-0.05, 0) is 24.3 Å². The summed E-state index contributed by atoms with van der Waals surface area (Å²) in [6.45, 7) is 1.65. The Bertz CT molecular complexity index is 698. The minimum atomic E-state index is -0.770. The number of benzene rings is 2. The van der Waals surface area contributed by atoms with Crippen molar-refractivity contribution in [3.63, 3.8) is 0 Å². The van der Waals surface area contributed by atoms with E-state index in [2.05, 4.69) is 10.6 Å². The number of carbonyl (C=O) groups is 1. The molecule has 1 aliphatic rings. The zero-order valence-corrected chi connectivity index (χ0v) is 15.7. The molecule has 2 aromatic rings. The first-order valence-corrected chi connectivity index (χ1v) is 8.65. The summed E-state index contributed by atoms with van der Waals surface area (Å²) in [5.74, 6) is 0.340. The van der Waals surface area contributed by atoms with Crippen molar-refractivity contribution in [1.29, 1.82) is 0 Å². The number of hydrogen-bond donors (Lipinski definition) is 3. The summed E-state index contributed by atoms with van der Waals surface area (Å²) in [6, 6.07) is 16.2. The molecule has 7 heteroatoms. The van der Waals surface area contributed by atoms with Gasteiger partial charge in [0.15, 0.2) is 0 Å². The van der Waals surface area contributed by atoms with Crippen molar-refractivity contribution in [2.24, 2.45) is 5.92 Å². The molecule has 140 valence electrons. The smallest absolute Gasteiger partial charge is 0.265 e. The third-order valence-corrected chi connectivity index (χ3v) is 4.50. The molecule has 0 bridgehead atoms. The number of amides is 1. The topological polar surface area (TPSA) is 70.6 Å². The van der Waals surface area contributed by atoms with E-state index < -0.39 is 12.2 Å². The lowest BCUT2D eigenvalue weighted by Crippen LogP contribution is -2.38. The molecule has 1 saturated heterocycles. The van der Waals surface area contributed by atoms with E-state index in [1.54, 1.807) is 24.3 Å². The average Bonchev–Trinajstić information content (AvgIpc) is 3.05. The number of halogens is 2. The molecular weight excluding hydrogens is 375 g/mol. The average molecular weight is 397 g/mol. The van der Waals surface area contributed by atoms with Gasteiger partial charge in [0.05, 0.1) is 6.10 Å². The summed E-state index contributed by atoms with van der Waals surface area (Å²) < 4.78 is 5.91. The molecule has 0 aromatic heterocycles. The zero-order chi connectivity index (χ0) is 17.6. The molecule has 1 amide bonds. The van der Waals surface area contributed by atoms with Gasteiger partial charge in [-0.3, -0.25) is 4.79 Å². The Hall–Kier alpha value is -1.79. The maximum absolute atomic E-state index is 12.7. The predicted molar refractivity (Wildman–Crippen MR) is 104 cm³/mol. The van der Waals surface area contributed by atoms with Gasteiger partial charge in [0.1, 0.15) is 5.75 Å². The summed E-state index contributed by atoms with van der Waals surface area (Å²) in [5, 5.41) is 16.5. The number of β-amino-alcohol motifs (C(OH)–C–C–N with tert-alkyl or cyclic N) is 1. The highest BCUT2D eigenvalue weighted by molar-refractivity contribution is 6.30. The Labute approximate surface area is 164 Å². The quantitative estimate of drug-likeness (QED) is 0.701. The van der Waals surface area contributed by atoms with E-state index >= 15 is 0 Å². The van der Waals surface area contributed by atoms with Crippen molar-refractivity contribution in [3.8, 4) is 5.75 Å². The molecule has 1 fully saturated rings. The molecule has 0 radical (unpaired) electrons. The van der Waals surface area contributed by atoms with Crippen LogP contribution < -0.4 is 15.4 Å². The fraction of sp³-hybridized carbons (Fsp3) is 0.316. The van der Waals surface area contributed by atoms with Crippen LogP contribution in [0.1, 0.15) is 11.7 Å². The monoisotopic (exact) mass is 396 g/mol. The second-order valence-corrected chi connectivity index (χ2v) is 6.53. The number of hydrogen-bond acceptors (Lipinski definition) is 4. The van der Waals surface area contributed by atoms with Crippen LogP contribution in [0.4, 0.5) is 0 Å². The Morgan fingerprint density at radius 2 is 1.88 bits per heavy atom. The fourth-order valence-electron chi connectivity index (χ4n) is 2.80. The van der Waals surface area contributed by atoms with Gasteiger partial charge in [0, 0.05) is 36.1 Å². The summed E-state index contributed by atoms with van der Waals surface area (Å²) in [7, 11) is 0. The molecule has 3 atom stereocenters. The minimum Gasteiger partial charge on any atom is -0.476 e. The maximum Gasteiger partial charge on any atom is 0.265 e. The summed E-state index contributed by atoms with van der Waals surface area (Å²) >= 11 is 5.90. The van der Waals surface area contributed by atoms with Gasteiger partial charge in [0.25, 0.3) is 5.91 Å². The third kappa shape index (κ3) is 5.35. The molecule has 0 spiro atoms. The Morgan fingerprint density at radius 1 is 1.19 bits per heavy atom. The van der Waals surface area contributed by atoms with Gasteiger partial charge in [-0.25, -0.2) is 0 Å². The fourth-order valence-corrected chi connectivity index (χ4v) is 2.93. The van der Waals surface area contributed by atoms with E-state index in [9.17, 15) is 9.90 Å². The first-order chi connectivity index (χ1) is 12.1. The lowest BCUT2D eigenvalue weighted by molar-refractivity contribution is -0.128. The first kappa shape index (κ1) is 20.5. The number of nitrogens with one attached hydrogen (secondary N) is 2. The Balaban J connectivity index is 0.00000243. The van der Waals surface area contributed by atoms with Crippen molar-refractivity contribution in [2.45, 2.75) is 12.2 Å². The van der Waals surface area contributed by atoms with E-state index in [4.69, 9.17) is 16.3 Å². The zero-order valence-electron chi connectivity index (χ0n) is 14.1. The number of aliphatic hydroxyl groups is 1. The van der Waals surface area contributed by atoms with E-state index in [0.29, 0.717) is 30.4 Å². The van der Waals surface area contributed by atoms with Crippen LogP contribution in [0.25, 0.3) is 0 Å². The predicted octanol–water partition coefficient (Wildman–Crippen LogP) is 2.58. The van der Waals surface area contributed by atoms with Gasteiger partial charge in [0.2, 0.25) is 6.10 Å². The lowest BCUT2D eigenvalue weighted by atomic mass is 10.1. The molecule has 5 nitrogen and oxygen atoms in total. The van der Waals surface area contributed by atoms with Gasteiger partial charge in [-0.2, -0.15) is 0 Å². The molecule has 1 aliphatic heterocycles. The molecular formula is C19H22Cl2N2O3. The van der Waals surface area contributed by atoms with E-state index in [1.807, 2.05) is 30.3 Å². The number of rotatable bonds is 6. The van der Waals surface area contributed by atoms with Gasteiger partial charge in [-0.15, -0.1) is 12.4 Å². The molecule has 1 heterocycles. The van der Waals surface area contributed by atoms with E-state index in [1.165, 1.54) is 0 Å². The largest absolute Gasteiger partial charge is 0.476 e. The molecule has 3 unspecified atom stereocenters. The second kappa shape index (κ2) is 9.78. The third-order valence-electron chi connectivity index (χ3n) is 4.25. The number of carbonyl (C=O) groups excluding carboxylic acids is 1. The standard InChI is InChI=1S/C19H21ClN2O3.ClH/c20-15-6-8-16(9-7-15)25-18(13-4-2-1-3-5-13)19(24)22-11-14-10-21-12-17(14)23;/h1-9,14,17-18,21,23H,10-12H2,(H,22,24);1H. The minimum absolute atomic E-state index is 0. The van der Waals surface area contributed by atoms with Crippen LogP contribution in [0.3, 0.4) is 0 Å². The normalized spacial score (nSPS) is 20.1.